The van der Waals surface area contributed by atoms with Gasteiger partial charge in [-0.1, -0.05) is 6.07 Å². The number of benzene rings is 2. The summed E-state index contributed by atoms with van der Waals surface area (Å²) >= 11 is 0. The van der Waals surface area contributed by atoms with Gasteiger partial charge in [0.05, 0.1) is 17.7 Å². The van der Waals surface area contributed by atoms with Crippen LogP contribution in [0.15, 0.2) is 46.2 Å². The summed E-state index contributed by atoms with van der Waals surface area (Å²) in [5.41, 5.74) is 2.08. The van der Waals surface area contributed by atoms with E-state index in [9.17, 15) is 16.8 Å². The minimum atomic E-state index is -3.86. The number of rotatable bonds is 5. The van der Waals surface area contributed by atoms with Crippen LogP contribution in [-0.2, 0) is 26.5 Å². The molecule has 0 atom stereocenters. The Bertz CT molecular complexity index is 1170. The van der Waals surface area contributed by atoms with Gasteiger partial charge in [-0.15, -0.1) is 0 Å². The summed E-state index contributed by atoms with van der Waals surface area (Å²) in [6.07, 6.45) is 2.99. The van der Waals surface area contributed by atoms with E-state index in [4.69, 9.17) is 4.74 Å². The molecule has 2 aromatic rings. The fraction of sp³-hybridized carbons (Fsp3) is 0.429. The van der Waals surface area contributed by atoms with E-state index in [1.807, 2.05) is 6.92 Å². The fourth-order valence-corrected chi connectivity index (χ4v) is 7.48. The second kappa shape index (κ2) is 7.86. The Kier molecular flexibility index (Phi) is 5.54. The first-order valence-corrected chi connectivity index (χ1v) is 12.9. The highest BCUT2D eigenvalue weighted by Crippen LogP contribution is 2.37. The molecule has 0 amide bonds. The molecular weight excluding hydrogens is 424 g/mol. The molecule has 7 nitrogen and oxygen atoms in total. The van der Waals surface area contributed by atoms with E-state index in [2.05, 4.69) is 0 Å². The quantitative estimate of drug-likeness (QED) is 0.699. The first-order valence-electron chi connectivity index (χ1n) is 10.1. The number of hydrogen-bond acceptors (Lipinski definition) is 5. The van der Waals surface area contributed by atoms with Gasteiger partial charge in [-0.05, 0) is 74.1 Å². The molecule has 2 aliphatic rings. The molecular formula is C21H26N2O5S2. The lowest BCUT2D eigenvalue weighted by Crippen LogP contribution is -2.36. The molecule has 30 heavy (non-hydrogen) atoms. The third kappa shape index (κ3) is 3.59. The summed E-state index contributed by atoms with van der Waals surface area (Å²) in [6.45, 7) is 3.24. The van der Waals surface area contributed by atoms with Crippen LogP contribution in [-0.4, -0.2) is 47.9 Å². The number of fused-ring (bicyclic) bond motifs is 1. The maximum absolute atomic E-state index is 13.5. The molecule has 1 saturated heterocycles. The van der Waals surface area contributed by atoms with Crippen LogP contribution in [0.25, 0.3) is 0 Å². The first kappa shape index (κ1) is 21.1. The van der Waals surface area contributed by atoms with E-state index < -0.39 is 20.0 Å². The summed E-state index contributed by atoms with van der Waals surface area (Å²) in [6, 6.07) is 9.84. The topological polar surface area (TPSA) is 84.0 Å². The molecule has 0 unspecified atom stereocenters. The van der Waals surface area contributed by atoms with Crippen LogP contribution in [0.5, 0.6) is 5.75 Å². The van der Waals surface area contributed by atoms with E-state index in [0.717, 1.165) is 24.0 Å². The monoisotopic (exact) mass is 450 g/mol. The molecule has 4 rings (SSSR count). The van der Waals surface area contributed by atoms with Crippen molar-refractivity contribution in [2.75, 3.05) is 31.0 Å². The molecule has 162 valence electrons. The average molecular weight is 451 g/mol. The Morgan fingerprint density at radius 2 is 1.60 bits per heavy atom. The van der Waals surface area contributed by atoms with Crippen molar-refractivity contribution in [2.45, 2.75) is 42.4 Å². The number of hydrogen-bond donors (Lipinski definition) is 0. The average Bonchev–Trinajstić information content (AvgIpc) is 3.28. The molecule has 0 radical (unpaired) electrons. The van der Waals surface area contributed by atoms with Crippen molar-refractivity contribution in [3.63, 3.8) is 0 Å². The number of nitrogens with zero attached hydrogens (tertiary/aromatic N) is 2. The Labute approximate surface area is 178 Å². The maximum atomic E-state index is 13.5. The van der Waals surface area contributed by atoms with Gasteiger partial charge in [0.2, 0.25) is 10.0 Å². The Balaban J connectivity index is 1.75. The fourth-order valence-electron chi connectivity index (χ4n) is 4.13. The van der Waals surface area contributed by atoms with Crippen molar-refractivity contribution < 1.29 is 21.6 Å². The molecule has 2 aromatic carbocycles. The van der Waals surface area contributed by atoms with Gasteiger partial charge in [-0.3, -0.25) is 4.31 Å². The van der Waals surface area contributed by atoms with Crippen LogP contribution in [0.1, 0.15) is 30.4 Å². The summed E-state index contributed by atoms with van der Waals surface area (Å²) in [7, 11) is -5.96. The first-order chi connectivity index (χ1) is 14.2. The zero-order chi connectivity index (χ0) is 21.5. The summed E-state index contributed by atoms with van der Waals surface area (Å²) in [5.74, 6) is 0.293. The minimum Gasteiger partial charge on any atom is -0.495 e. The number of aryl methyl sites for hydroxylation is 2. The van der Waals surface area contributed by atoms with Gasteiger partial charge in [0, 0.05) is 19.6 Å². The molecule has 9 heteroatoms. The van der Waals surface area contributed by atoms with E-state index in [0.29, 0.717) is 43.9 Å². The number of anilines is 1. The molecule has 2 heterocycles. The van der Waals surface area contributed by atoms with Gasteiger partial charge in [0.15, 0.2) is 0 Å². The molecule has 0 saturated carbocycles. The zero-order valence-corrected chi connectivity index (χ0v) is 18.8. The van der Waals surface area contributed by atoms with Gasteiger partial charge in [-0.25, -0.2) is 16.8 Å². The summed E-state index contributed by atoms with van der Waals surface area (Å²) in [4.78, 5) is 0.349. The van der Waals surface area contributed by atoms with Gasteiger partial charge < -0.3 is 4.74 Å². The Morgan fingerprint density at radius 1 is 0.867 bits per heavy atom. The SMILES string of the molecule is COc1ccc(C)cc1S(=O)(=O)N1CCCc2cc(S(=O)(=O)N3CCCC3)ccc21. The highest BCUT2D eigenvalue weighted by Gasteiger charge is 2.33. The number of sulfonamides is 2. The second-order valence-corrected chi connectivity index (χ2v) is 11.5. The van der Waals surface area contributed by atoms with E-state index in [1.54, 1.807) is 30.3 Å². The lowest BCUT2D eigenvalue weighted by Gasteiger charge is -2.31. The van der Waals surface area contributed by atoms with Crippen molar-refractivity contribution in [1.82, 2.24) is 4.31 Å². The molecule has 0 spiro atoms. The number of ether oxygens (including phenoxy) is 1. The Hall–Kier alpha value is -2.10. The molecule has 2 aliphatic heterocycles. The van der Waals surface area contributed by atoms with Crippen molar-refractivity contribution in [2.24, 2.45) is 0 Å². The van der Waals surface area contributed by atoms with E-state index in [-0.39, 0.29) is 9.79 Å². The molecule has 0 N–H and O–H groups in total. The predicted octanol–water partition coefficient (Wildman–Crippen LogP) is 2.93. The number of methoxy groups -OCH3 is 1. The van der Waals surface area contributed by atoms with Crippen LogP contribution in [0.2, 0.25) is 0 Å². The third-order valence-corrected chi connectivity index (χ3v) is 9.45. The lowest BCUT2D eigenvalue weighted by molar-refractivity contribution is 0.402. The smallest absolute Gasteiger partial charge is 0.268 e. The highest BCUT2D eigenvalue weighted by molar-refractivity contribution is 7.93. The van der Waals surface area contributed by atoms with Crippen molar-refractivity contribution in [1.29, 1.82) is 0 Å². The highest BCUT2D eigenvalue weighted by atomic mass is 32.2. The van der Waals surface area contributed by atoms with E-state index >= 15 is 0 Å². The third-order valence-electron chi connectivity index (χ3n) is 5.72. The summed E-state index contributed by atoms with van der Waals surface area (Å²) < 4.78 is 61.0. The second-order valence-electron chi connectivity index (χ2n) is 7.74. The van der Waals surface area contributed by atoms with E-state index in [1.165, 1.54) is 21.8 Å². The molecule has 1 fully saturated rings. The summed E-state index contributed by atoms with van der Waals surface area (Å²) in [5, 5.41) is 0. The van der Waals surface area contributed by atoms with Crippen LogP contribution in [0, 0.1) is 6.92 Å². The Morgan fingerprint density at radius 3 is 2.30 bits per heavy atom. The lowest BCUT2D eigenvalue weighted by atomic mass is 10.0. The van der Waals surface area contributed by atoms with Gasteiger partial charge in [0.25, 0.3) is 10.0 Å². The van der Waals surface area contributed by atoms with Crippen LogP contribution >= 0.6 is 0 Å². The maximum Gasteiger partial charge on any atom is 0.268 e. The standard InChI is InChI=1S/C21H26N2O5S2/c1-16-7-10-20(28-2)21(14-16)30(26,27)23-13-5-6-17-15-18(8-9-19(17)23)29(24,25)22-11-3-4-12-22/h7-10,14-15H,3-6,11-13H2,1-2H3. The molecule has 0 aliphatic carbocycles. The van der Waals surface area contributed by atoms with Gasteiger partial charge >= 0.3 is 0 Å². The molecule has 0 bridgehead atoms. The van der Waals surface area contributed by atoms with Crippen molar-refractivity contribution in [3.8, 4) is 5.75 Å². The molecule has 0 aromatic heterocycles. The van der Waals surface area contributed by atoms with Crippen LogP contribution in [0.4, 0.5) is 5.69 Å². The zero-order valence-electron chi connectivity index (χ0n) is 17.2. The van der Waals surface area contributed by atoms with Crippen molar-refractivity contribution >= 4 is 25.7 Å². The predicted molar refractivity (Wildman–Crippen MR) is 115 cm³/mol. The van der Waals surface area contributed by atoms with Gasteiger partial charge in [0.1, 0.15) is 10.6 Å². The van der Waals surface area contributed by atoms with Crippen molar-refractivity contribution in [3.05, 3.63) is 47.5 Å². The largest absolute Gasteiger partial charge is 0.495 e. The van der Waals surface area contributed by atoms with Gasteiger partial charge in [-0.2, -0.15) is 4.31 Å². The van der Waals surface area contributed by atoms with Crippen LogP contribution in [0.3, 0.4) is 0 Å². The van der Waals surface area contributed by atoms with Crippen LogP contribution < -0.4 is 9.04 Å². The normalized spacial score (nSPS) is 17.7. The minimum absolute atomic E-state index is 0.117.